The molecule has 0 aliphatic heterocycles. The molecule has 1 aliphatic carbocycles. The Labute approximate surface area is 105 Å². The Morgan fingerprint density at radius 2 is 2.12 bits per heavy atom. The van der Waals surface area contributed by atoms with E-state index in [2.05, 4.69) is 33.0 Å². The van der Waals surface area contributed by atoms with Crippen molar-refractivity contribution in [1.82, 2.24) is 5.32 Å². The largest absolute Gasteiger partial charge is 0.391 e. The molecule has 2 atom stereocenters. The van der Waals surface area contributed by atoms with E-state index in [0.29, 0.717) is 12.5 Å². The van der Waals surface area contributed by atoms with Crippen LogP contribution in [-0.4, -0.2) is 23.7 Å². The maximum atomic E-state index is 12.0. The predicted octanol–water partition coefficient (Wildman–Crippen LogP) is 2.34. The van der Waals surface area contributed by atoms with Crippen molar-refractivity contribution >= 4 is 5.91 Å². The normalized spacial score (nSPS) is 24.9. The summed E-state index contributed by atoms with van der Waals surface area (Å²) in [7, 11) is 0. The average molecular weight is 241 g/mol. The summed E-state index contributed by atoms with van der Waals surface area (Å²) in [5.74, 6) is 0.703. The second-order valence-corrected chi connectivity index (χ2v) is 6.46. The van der Waals surface area contributed by atoms with Crippen LogP contribution >= 0.6 is 0 Å². The standard InChI is InChI=1S/C14H27NO2/c1-10(2)8-11(16)9-15-13(17)12-6-5-7-14(12,3)4/h10-12,16H,5-9H2,1-4H3,(H,15,17). The maximum Gasteiger partial charge on any atom is 0.223 e. The van der Waals surface area contributed by atoms with Crippen LogP contribution in [0, 0.1) is 17.3 Å². The minimum atomic E-state index is -0.413. The lowest BCUT2D eigenvalue weighted by Gasteiger charge is -2.26. The second-order valence-electron chi connectivity index (χ2n) is 6.46. The molecule has 0 saturated heterocycles. The van der Waals surface area contributed by atoms with E-state index in [1.54, 1.807) is 0 Å². The van der Waals surface area contributed by atoms with Crippen LogP contribution < -0.4 is 5.32 Å². The molecule has 3 heteroatoms. The van der Waals surface area contributed by atoms with Gasteiger partial charge < -0.3 is 10.4 Å². The van der Waals surface area contributed by atoms with Gasteiger partial charge in [-0.2, -0.15) is 0 Å². The molecular formula is C14H27NO2. The third-order valence-electron chi connectivity index (χ3n) is 3.83. The summed E-state index contributed by atoms with van der Waals surface area (Å²) in [5, 5.41) is 12.6. The van der Waals surface area contributed by atoms with Crippen molar-refractivity contribution < 1.29 is 9.90 Å². The first-order valence-corrected chi connectivity index (χ1v) is 6.78. The summed E-state index contributed by atoms with van der Waals surface area (Å²) < 4.78 is 0. The molecule has 0 spiro atoms. The molecule has 0 radical (unpaired) electrons. The monoisotopic (exact) mass is 241 g/mol. The van der Waals surface area contributed by atoms with Crippen LogP contribution in [0.15, 0.2) is 0 Å². The van der Waals surface area contributed by atoms with E-state index < -0.39 is 6.10 Å². The van der Waals surface area contributed by atoms with Crippen molar-refractivity contribution in [2.24, 2.45) is 17.3 Å². The van der Waals surface area contributed by atoms with Gasteiger partial charge in [-0.05, 0) is 30.6 Å². The topological polar surface area (TPSA) is 49.3 Å². The SMILES string of the molecule is CC(C)CC(O)CNC(=O)C1CCCC1(C)C. The first kappa shape index (κ1) is 14.5. The number of amides is 1. The van der Waals surface area contributed by atoms with Gasteiger partial charge in [0.1, 0.15) is 0 Å². The summed E-state index contributed by atoms with van der Waals surface area (Å²) in [6, 6.07) is 0. The number of aliphatic hydroxyl groups is 1. The highest BCUT2D eigenvalue weighted by Crippen LogP contribution is 2.42. The molecule has 1 amide bonds. The van der Waals surface area contributed by atoms with E-state index in [9.17, 15) is 9.90 Å². The zero-order chi connectivity index (χ0) is 13.1. The summed E-state index contributed by atoms with van der Waals surface area (Å²) in [6.07, 6.45) is 3.58. The highest BCUT2D eigenvalue weighted by atomic mass is 16.3. The molecule has 17 heavy (non-hydrogen) atoms. The van der Waals surface area contributed by atoms with Crippen molar-refractivity contribution in [3.63, 3.8) is 0 Å². The quantitative estimate of drug-likeness (QED) is 0.776. The van der Waals surface area contributed by atoms with Gasteiger partial charge in [-0.25, -0.2) is 0 Å². The van der Waals surface area contributed by atoms with Gasteiger partial charge in [-0.3, -0.25) is 4.79 Å². The third kappa shape index (κ3) is 4.30. The van der Waals surface area contributed by atoms with Gasteiger partial charge in [0.15, 0.2) is 0 Å². The molecular weight excluding hydrogens is 214 g/mol. The number of nitrogens with one attached hydrogen (secondary N) is 1. The Kier molecular flexibility index (Phi) is 4.99. The fourth-order valence-corrected chi connectivity index (χ4v) is 2.78. The van der Waals surface area contributed by atoms with Crippen molar-refractivity contribution in [1.29, 1.82) is 0 Å². The summed E-state index contributed by atoms with van der Waals surface area (Å²) in [5.41, 5.74) is 0.118. The van der Waals surface area contributed by atoms with Crippen LogP contribution in [0.3, 0.4) is 0 Å². The van der Waals surface area contributed by atoms with E-state index in [1.165, 1.54) is 0 Å². The Bertz CT molecular complexity index is 261. The molecule has 100 valence electrons. The van der Waals surface area contributed by atoms with Gasteiger partial charge >= 0.3 is 0 Å². The molecule has 1 rings (SSSR count). The number of carbonyl (C=O) groups excluding carboxylic acids is 1. The smallest absolute Gasteiger partial charge is 0.223 e. The molecule has 1 aliphatic rings. The van der Waals surface area contributed by atoms with Gasteiger partial charge in [-0.1, -0.05) is 34.1 Å². The maximum absolute atomic E-state index is 12.0. The Balaban J connectivity index is 2.35. The van der Waals surface area contributed by atoms with E-state index in [4.69, 9.17) is 0 Å². The molecule has 0 heterocycles. The van der Waals surface area contributed by atoms with Crippen LogP contribution in [0.25, 0.3) is 0 Å². The number of rotatable bonds is 5. The van der Waals surface area contributed by atoms with Crippen molar-refractivity contribution in [2.75, 3.05) is 6.54 Å². The second kappa shape index (κ2) is 5.85. The fraction of sp³-hybridized carbons (Fsp3) is 0.929. The summed E-state index contributed by atoms with van der Waals surface area (Å²) >= 11 is 0. The van der Waals surface area contributed by atoms with Crippen LogP contribution in [0.5, 0.6) is 0 Å². The van der Waals surface area contributed by atoms with Gasteiger partial charge in [0, 0.05) is 12.5 Å². The zero-order valence-corrected chi connectivity index (χ0v) is 11.6. The van der Waals surface area contributed by atoms with Crippen molar-refractivity contribution in [3.05, 3.63) is 0 Å². The Morgan fingerprint density at radius 1 is 1.47 bits per heavy atom. The predicted molar refractivity (Wildman–Crippen MR) is 69.6 cm³/mol. The zero-order valence-electron chi connectivity index (χ0n) is 11.6. The molecule has 1 saturated carbocycles. The minimum absolute atomic E-state index is 0.118. The number of aliphatic hydroxyl groups excluding tert-OH is 1. The molecule has 0 bridgehead atoms. The van der Waals surface area contributed by atoms with E-state index >= 15 is 0 Å². The van der Waals surface area contributed by atoms with Gasteiger partial charge in [0.05, 0.1) is 6.10 Å². The third-order valence-corrected chi connectivity index (χ3v) is 3.83. The molecule has 1 fully saturated rings. The molecule has 0 aromatic carbocycles. The highest BCUT2D eigenvalue weighted by Gasteiger charge is 2.39. The molecule has 0 aromatic rings. The van der Waals surface area contributed by atoms with Crippen LogP contribution in [0.4, 0.5) is 0 Å². The van der Waals surface area contributed by atoms with E-state index in [1.807, 2.05) is 0 Å². The fourth-order valence-electron chi connectivity index (χ4n) is 2.78. The molecule has 2 N–H and O–H groups in total. The van der Waals surface area contributed by atoms with Gasteiger partial charge in [0.2, 0.25) is 5.91 Å². The Hall–Kier alpha value is -0.570. The molecule has 2 unspecified atom stereocenters. The Morgan fingerprint density at radius 3 is 2.59 bits per heavy atom. The van der Waals surface area contributed by atoms with Crippen molar-refractivity contribution in [3.8, 4) is 0 Å². The number of carbonyl (C=O) groups is 1. The van der Waals surface area contributed by atoms with E-state index in [0.717, 1.165) is 25.7 Å². The highest BCUT2D eigenvalue weighted by molar-refractivity contribution is 5.79. The average Bonchev–Trinajstić information content (AvgIpc) is 2.53. The minimum Gasteiger partial charge on any atom is -0.391 e. The first-order chi connectivity index (χ1) is 7.83. The summed E-state index contributed by atoms with van der Waals surface area (Å²) in [6.45, 7) is 8.86. The summed E-state index contributed by atoms with van der Waals surface area (Å²) in [4.78, 5) is 12.0. The number of hydrogen-bond acceptors (Lipinski definition) is 2. The lowest BCUT2D eigenvalue weighted by molar-refractivity contribution is -0.128. The lowest BCUT2D eigenvalue weighted by atomic mass is 9.81. The van der Waals surface area contributed by atoms with Crippen LogP contribution in [0.1, 0.15) is 53.4 Å². The van der Waals surface area contributed by atoms with Gasteiger partial charge in [0.25, 0.3) is 0 Å². The van der Waals surface area contributed by atoms with Gasteiger partial charge in [-0.15, -0.1) is 0 Å². The van der Waals surface area contributed by atoms with Crippen LogP contribution in [0.2, 0.25) is 0 Å². The van der Waals surface area contributed by atoms with E-state index in [-0.39, 0.29) is 17.2 Å². The molecule has 0 aromatic heterocycles. The lowest BCUT2D eigenvalue weighted by Crippen LogP contribution is -2.40. The van der Waals surface area contributed by atoms with Crippen molar-refractivity contribution in [2.45, 2.75) is 59.5 Å². The number of hydrogen-bond donors (Lipinski definition) is 2. The first-order valence-electron chi connectivity index (χ1n) is 6.78. The van der Waals surface area contributed by atoms with Crippen LogP contribution in [-0.2, 0) is 4.79 Å². The molecule has 3 nitrogen and oxygen atoms in total.